The molecule has 4 heteroatoms. The summed E-state index contributed by atoms with van der Waals surface area (Å²) in [6, 6.07) is 9.12. The van der Waals surface area contributed by atoms with Gasteiger partial charge in [-0.25, -0.2) is 0 Å². The van der Waals surface area contributed by atoms with Crippen LogP contribution in [0.2, 0.25) is 0 Å². The zero-order valence-corrected chi connectivity index (χ0v) is 14.5. The summed E-state index contributed by atoms with van der Waals surface area (Å²) in [5.74, 6) is 1.07. The number of benzene rings is 1. The molecule has 2 heterocycles. The van der Waals surface area contributed by atoms with Gasteiger partial charge in [-0.2, -0.15) is 0 Å². The van der Waals surface area contributed by atoms with Crippen molar-refractivity contribution in [2.45, 2.75) is 38.8 Å². The van der Waals surface area contributed by atoms with Gasteiger partial charge in [0.05, 0.1) is 0 Å². The lowest BCUT2D eigenvalue weighted by Gasteiger charge is -2.32. The normalized spacial score (nSPS) is 23.8. The zero-order valence-electron chi connectivity index (χ0n) is 14.5. The molecule has 0 spiro atoms. The minimum atomic E-state index is 0.580. The Bertz CT molecular complexity index is 473. The van der Waals surface area contributed by atoms with Crippen molar-refractivity contribution >= 4 is 0 Å². The van der Waals surface area contributed by atoms with Crippen molar-refractivity contribution in [1.82, 2.24) is 15.1 Å². The van der Waals surface area contributed by atoms with Gasteiger partial charge in [-0.1, -0.05) is 24.6 Å². The second-order valence-electron chi connectivity index (χ2n) is 6.95. The fourth-order valence-electron chi connectivity index (χ4n) is 3.64. The van der Waals surface area contributed by atoms with E-state index in [1.165, 1.54) is 37.9 Å². The van der Waals surface area contributed by atoms with E-state index in [9.17, 15) is 0 Å². The molecule has 128 valence electrons. The average molecular weight is 317 g/mol. The predicted molar refractivity (Wildman–Crippen MR) is 95.0 cm³/mol. The molecule has 2 fully saturated rings. The third-order valence-electron chi connectivity index (χ3n) is 4.93. The van der Waals surface area contributed by atoms with Gasteiger partial charge in [-0.3, -0.25) is 9.80 Å². The monoisotopic (exact) mass is 317 g/mol. The van der Waals surface area contributed by atoms with Gasteiger partial charge in [0, 0.05) is 44.3 Å². The molecule has 2 saturated heterocycles. The molecule has 0 amide bonds. The summed E-state index contributed by atoms with van der Waals surface area (Å²) in [5, 5.41) is 3.50. The van der Waals surface area contributed by atoms with Crippen LogP contribution >= 0.6 is 0 Å². The van der Waals surface area contributed by atoms with E-state index in [0.29, 0.717) is 6.04 Å². The lowest BCUT2D eigenvalue weighted by molar-refractivity contribution is 0.177. The van der Waals surface area contributed by atoms with Crippen molar-refractivity contribution in [3.05, 3.63) is 29.8 Å². The Kier molecular flexibility index (Phi) is 6.31. The van der Waals surface area contributed by atoms with Gasteiger partial charge in [0.2, 0.25) is 0 Å². The summed E-state index contributed by atoms with van der Waals surface area (Å²) in [6.45, 7) is 10.9. The van der Waals surface area contributed by atoms with Gasteiger partial charge >= 0.3 is 0 Å². The number of hydrogen-bond acceptors (Lipinski definition) is 4. The Morgan fingerprint density at radius 1 is 1.09 bits per heavy atom. The smallest absolute Gasteiger partial charge is 0.123 e. The molecule has 1 aromatic rings. The van der Waals surface area contributed by atoms with Crippen molar-refractivity contribution < 1.29 is 4.74 Å². The molecule has 0 aliphatic carbocycles. The Balaban J connectivity index is 1.50. The maximum Gasteiger partial charge on any atom is 0.123 e. The van der Waals surface area contributed by atoms with Gasteiger partial charge in [0.25, 0.3) is 0 Å². The van der Waals surface area contributed by atoms with Crippen LogP contribution in [0, 0.1) is 0 Å². The Hall–Kier alpha value is -1.10. The topological polar surface area (TPSA) is 27.7 Å². The second kappa shape index (κ2) is 8.67. The summed E-state index contributed by atoms with van der Waals surface area (Å²) in [7, 11) is 0. The van der Waals surface area contributed by atoms with E-state index in [1.807, 2.05) is 0 Å². The highest BCUT2D eigenvalue weighted by Gasteiger charge is 2.17. The van der Waals surface area contributed by atoms with E-state index in [0.717, 1.165) is 45.1 Å². The summed E-state index contributed by atoms with van der Waals surface area (Å²) < 4.78 is 6.12. The Morgan fingerprint density at radius 2 is 1.91 bits per heavy atom. The molecule has 0 aromatic heterocycles. The number of nitrogens with zero attached hydrogens (tertiary/aromatic N) is 2. The summed E-state index contributed by atoms with van der Waals surface area (Å²) in [6.07, 6.45) is 4.08. The molecule has 1 aromatic carbocycles. The third-order valence-corrected chi connectivity index (χ3v) is 4.93. The molecule has 23 heavy (non-hydrogen) atoms. The molecule has 2 aliphatic heterocycles. The number of nitrogens with one attached hydrogen (secondary N) is 1. The summed E-state index contributed by atoms with van der Waals surface area (Å²) in [4.78, 5) is 5.05. The summed E-state index contributed by atoms with van der Waals surface area (Å²) in [5.41, 5.74) is 1.32. The van der Waals surface area contributed by atoms with Crippen LogP contribution in [0.1, 0.15) is 31.7 Å². The van der Waals surface area contributed by atoms with E-state index < -0.39 is 0 Å². The van der Waals surface area contributed by atoms with Crippen molar-refractivity contribution in [2.24, 2.45) is 0 Å². The number of likely N-dealkylation sites (tertiary alicyclic amines) is 1. The van der Waals surface area contributed by atoms with Gasteiger partial charge in [-0.15, -0.1) is 0 Å². The number of piperazine rings is 1. The second-order valence-corrected chi connectivity index (χ2v) is 6.95. The molecule has 1 atom stereocenters. The first kappa shape index (κ1) is 16.7. The fraction of sp³-hybridized carbons (Fsp3) is 0.684. The number of para-hydroxylation sites is 1. The van der Waals surface area contributed by atoms with Crippen LogP contribution in [0.4, 0.5) is 0 Å². The van der Waals surface area contributed by atoms with Crippen molar-refractivity contribution in [1.29, 1.82) is 0 Å². The zero-order chi connectivity index (χ0) is 15.9. The van der Waals surface area contributed by atoms with Gasteiger partial charge in [-0.05, 0) is 38.9 Å². The molecule has 0 radical (unpaired) electrons. The first-order chi connectivity index (χ1) is 11.3. The molecular weight excluding hydrogens is 286 g/mol. The van der Waals surface area contributed by atoms with Crippen molar-refractivity contribution in [3.8, 4) is 5.75 Å². The van der Waals surface area contributed by atoms with Crippen LogP contribution in [0.5, 0.6) is 5.75 Å². The van der Waals surface area contributed by atoms with E-state index in [1.54, 1.807) is 0 Å². The highest BCUT2D eigenvalue weighted by molar-refractivity contribution is 5.33. The molecule has 3 rings (SSSR count). The van der Waals surface area contributed by atoms with Crippen molar-refractivity contribution in [2.75, 3.05) is 45.9 Å². The van der Waals surface area contributed by atoms with Crippen LogP contribution in [0.3, 0.4) is 0 Å². The third kappa shape index (κ3) is 5.20. The number of ether oxygens (including phenoxy) is 1. The van der Waals surface area contributed by atoms with Crippen molar-refractivity contribution in [3.63, 3.8) is 0 Å². The average Bonchev–Trinajstić information content (AvgIpc) is 2.57. The standard InChI is InChI=1S/C19H31N3O/c1-17-15-22(12-9-20-17)16-18-7-3-4-8-19(18)23-14-13-21-10-5-2-6-11-21/h3-4,7-8,17,20H,2,5-6,9-16H2,1H3/t17-/m1/s1. The van der Waals surface area contributed by atoms with Crippen LogP contribution in [0.25, 0.3) is 0 Å². The molecule has 0 unspecified atom stereocenters. The molecule has 2 aliphatic rings. The SMILES string of the molecule is C[C@@H]1CN(Cc2ccccc2OCCN2CCCCC2)CCN1. The van der Waals surface area contributed by atoms with Crippen LogP contribution in [-0.4, -0.2) is 61.7 Å². The van der Waals surface area contributed by atoms with Crippen LogP contribution in [0.15, 0.2) is 24.3 Å². The molecule has 0 bridgehead atoms. The lowest BCUT2D eigenvalue weighted by atomic mass is 10.1. The molecule has 1 N–H and O–H groups in total. The van der Waals surface area contributed by atoms with E-state index >= 15 is 0 Å². The lowest BCUT2D eigenvalue weighted by Crippen LogP contribution is -2.48. The maximum atomic E-state index is 6.12. The minimum Gasteiger partial charge on any atom is -0.492 e. The number of piperidine rings is 1. The van der Waals surface area contributed by atoms with E-state index in [2.05, 4.69) is 46.3 Å². The summed E-state index contributed by atoms with van der Waals surface area (Å²) >= 11 is 0. The first-order valence-electron chi connectivity index (χ1n) is 9.20. The van der Waals surface area contributed by atoms with Crippen LogP contribution in [-0.2, 0) is 6.54 Å². The predicted octanol–water partition coefficient (Wildman–Crippen LogP) is 2.34. The van der Waals surface area contributed by atoms with Gasteiger partial charge in [0.1, 0.15) is 12.4 Å². The van der Waals surface area contributed by atoms with Gasteiger partial charge in [0.15, 0.2) is 0 Å². The highest BCUT2D eigenvalue weighted by atomic mass is 16.5. The Labute approximate surface area is 140 Å². The fourth-order valence-corrected chi connectivity index (χ4v) is 3.64. The maximum absolute atomic E-state index is 6.12. The first-order valence-corrected chi connectivity index (χ1v) is 9.20. The quantitative estimate of drug-likeness (QED) is 0.872. The Morgan fingerprint density at radius 3 is 2.74 bits per heavy atom. The molecule has 0 saturated carbocycles. The number of rotatable bonds is 6. The minimum absolute atomic E-state index is 0.580. The van der Waals surface area contributed by atoms with E-state index in [-0.39, 0.29) is 0 Å². The van der Waals surface area contributed by atoms with Gasteiger partial charge < -0.3 is 10.1 Å². The number of hydrogen-bond donors (Lipinski definition) is 1. The van der Waals surface area contributed by atoms with Crippen LogP contribution < -0.4 is 10.1 Å². The largest absolute Gasteiger partial charge is 0.492 e. The molecular formula is C19H31N3O. The van der Waals surface area contributed by atoms with E-state index in [4.69, 9.17) is 4.74 Å². The molecule has 4 nitrogen and oxygen atoms in total. The highest BCUT2D eigenvalue weighted by Crippen LogP contribution is 2.20.